The van der Waals surface area contributed by atoms with Gasteiger partial charge in [-0.3, -0.25) is 4.79 Å². The molecule has 2 N–H and O–H groups in total. The molecule has 200 valence electrons. The summed E-state index contributed by atoms with van der Waals surface area (Å²) in [6.45, 7) is 9.93. The summed E-state index contributed by atoms with van der Waals surface area (Å²) >= 11 is 0. The van der Waals surface area contributed by atoms with Gasteiger partial charge in [-0.1, -0.05) is 13.3 Å². The summed E-state index contributed by atoms with van der Waals surface area (Å²) in [5, 5.41) is 6.28. The van der Waals surface area contributed by atoms with Crippen LogP contribution in [0.2, 0.25) is 0 Å². The summed E-state index contributed by atoms with van der Waals surface area (Å²) in [6.07, 6.45) is 2.85. The lowest BCUT2D eigenvalue weighted by molar-refractivity contribution is 0.0940. The number of hydrogen-bond donors (Lipinski definition) is 2. The van der Waals surface area contributed by atoms with E-state index in [4.69, 9.17) is 4.74 Å². The van der Waals surface area contributed by atoms with Crippen molar-refractivity contribution < 1.29 is 13.9 Å². The maximum Gasteiger partial charge on any atom is 0.252 e. The van der Waals surface area contributed by atoms with E-state index in [0.29, 0.717) is 22.6 Å². The molecule has 3 aromatic rings. The maximum absolute atomic E-state index is 15.1. The number of anilines is 3. The van der Waals surface area contributed by atoms with Gasteiger partial charge in [-0.2, -0.15) is 0 Å². The number of fused-ring (bicyclic) bond motifs is 1. The SMILES string of the molecule is CCCc1cc(-c2nc(Nc3cc(N4CCN(C)CC4)ccc3OC)ncc2F)cc2c1C(C)(C)NC2=O. The molecular formula is C29H35FN6O2. The summed E-state index contributed by atoms with van der Waals surface area (Å²) in [4.78, 5) is 26.2. The highest BCUT2D eigenvalue weighted by Crippen LogP contribution is 2.38. The Hall–Kier alpha value is -3.72. The van der Waals surface area contributed by atoms with E-state index in [1.54, 1.807) is 13.2 Å². The zero-order valence-electron chi connectivity index (χ0n) is 22.7. The van der Waals surface area contributed by atoms with Crippen LogP contribution in [-0.2, 0) is 12.0 Å². The zero-order chi connectivity index (χ0) is 27.0. The topological polar surface area (TPSA) is 82.6 Å². The second-order valence-electron chi connectivity index (χ2n) is 10.6. The van der Waals surface area contributed by atoms with E-state index in [1.807, 2.05) is 38.1 Å². The summed E-state index contributed by atoms with van der Waals surface area (Å²) in [5.41, 5.74) is 4.57. The fourth-order valence-corrected chi connectivity index (χ4v) is 5.44. The molecule has 0 unspecified atom stereocenters. The number of rotatable bonds is 7. The molecule has 2 aromatic carbocycles. The second-order valence-corrected chi connectivity index (χ2v) is 10.6. The van der Waals surface area contributed by atoms with Gasteiger partial charge in [-0.05, 0) is 68.8 Å². The Morgan fingerprint density at radius 1 is 1.16 bits per heavy atom. The van der Waals surface area contributed by atoms with Crippen LogP contribution in [-0.4, -0.2) is 61.1 Å². The predicted octanol–water partition coefficient (Wildman–Crippen LogP) is 4.72. The van der Waals surface area contributed by atoms with Crippen LogP contribution in [0.3, 0.4) is 0 Å². The number of piperazine rings is 1. The zero-order valence-corrected chi connectivity index (χ0v) is 22.7. The van der Waals surface area contributed by atoms with Crippen molar-refractivity contribution in [2.75, 3.05) is 50.6 Å². The van der Waals surface area contributed by atoms with Gasteiger partial charge in [0.2, 0.25) is 5.95 Å². The summed E-state index contributed by atoms with van der Waals surface area (Å²) in [5.74, 6) is 0.188. The molecule has 1 aromatic heterocycles. The van der Waals surface area contributed by atoms with E-state index < -0.39 is 11.4 Å². The quantitative estimate of drug-likeness (QED) is 0.468. The van der Waals surface area contributed by atoms with E-state index in [-0.39, 0.29) is 17.5 Å². The molecule has 8 nitrogen and oxygen atoms in total. The van der Waals surface area contributed by atoms with E-state index in [0.717, 1.165) is 62.0 Å². The lowest BCUT2D eigenvalue weighted by Crippen LogP contribution is -2.44. The Kier molecular flexibility index (Phi) is 6.96. The Morgan fingerprint density at radius 2 is 1.92 bits per heavy atom. The van der Waals surface area contributed by atoms with Crippen LogP contribution in [0.4, 0.5) is 21.7 Å². The molecule has 0 bridgehead atoms. The van der Waals surface area contributed by atoms with Gasteiger partial charge in [0.1, 0.15) is 11.4 Å². The average molecular weight is 519 g/mol. The predicted molar refractivity (Wildman–Crippen MR) is 148 cm³/mol. The van der Waals surface area contributed by atoms with Crippen LogP contribution in [0.15, 0.2) is 36.5 Å². The molecule has 0 spiro atoms. The number of nitrogens with zero attached hydrogens (tertiary/aromatic N) is 4. The number of nitrogens with one attached hydrogen (secondary N) is 2. The highest BCUT2D eigenvalue weighted by Gasteiger charge is 2.37. The molecular weight excluding hydrogens is 483 g/mol. The number of likely N-dealkylation sites (N-methyl/N-ethyl adjacent to an activating group) is 1. The number of aromatic nitrogens is 2. The molecule has 38 heavy (non-hydrogen) atoms. The van der Waals surface area contributed by atoms with Gasteiger partial charge in [0.15, 0.2) is 5.82 Å². The molecule has 1 fully saturated rings. The number of carbonyl (C=O) groups is 1. The Labute approximate surface area is 223 Å². The van der Waals surface area contributed by atoms with Crippen LogP contribution in [0, 0.1) is 5.82 Å². The van der Waals surface area contributed by atoms with Crippen molar-refractivity contribution in [3.63, 3.8) is 0 Å². The summed E-state index contributed by atoms with van der Waals surface area (Å²) < 4.78 is 20.7. The van der Waals surface area contributed by atoms with Gasteiger partial charge < -0.3 is 25.2 Å². The number of ether oxygens (including phenoxy) is 1. The number of hydrogen-bond acceptors (Lipinski definition) is 7. The van der Waals surface area contributed by atoms with E-state index in [9.17, 15) is 4.79 Å². The summed E-state index contributed by atoms with van der Waals surface area (Å²) in [7, 11) is 3.74. The van der Waals surface area contributed by atoms with Crippen molar-refractivity contribution in [1.29, 1.82) is 0 Å². The van der Waals surface area contributed by atoms with Crippen molar-refractivity contribution in [3.8, 4) is 17.0 Å². The van der Waals surface area contributed by atoms with Crippen molar-refractivity contribution >= 4 is 23.2 Å². The van der Waals surface area contributed by atoms with Crippen molar-refractivity contribution in [1.82, 2.24) is 20.2 Å². The van der Waals surface area contributed by atoms with Gasteiger partial charge in [-0.15, -0.1) is 0 Å². The van der Waals surface area contributed by atoms with Crippen LogP contribution in [0.1, 0.15) is 48.7 Å². The molecule has 2 aliphatic rings. The Bertz CT molecular complexity index is 1370. The monoisotopic (exact) mass is 518 g/mol. The molecule has 5 rings (SSSR count). The molecule has 0 radical (unpaired) electrons. The smallest absolute Gasteiger partial charge is 0.252 e. The number of amides is 1. The molecule has 0 atom stereocenters. The van der Waals surface area contributed by atoms with Gasteiger partial charge in [-0.25, -0.2) is 14.4 Å². The highest BCUT2D eigenvalue weighted by atomic mass is 19.1. The first-order valence-corrected chi connectivity index (χ1v) is 13.1. The van der Waals surface area contributed by atoms with Crippen molar-refractivity contribution in [2.45, 2.75) is 39.2 Å². The fraction of sp³-hybridized carbons (Fsp3) is 0.414. The van der Waals surface area contributed by atoms with E-state index in [1.165, 1.54) is 0 Å². The van der Waals surface area contributed by atoms with E-state index >= 15 is 4.39 Å². The minimum atomic E-state index is -0.547. The first kappa shape index (κ1) is 25.9. The number of carbonyl (C=O) groups excluding carboxylic acids is 1. The normalized spacial score (nSPS) is 16.8. The number of benzene rings is 2. The lowest BCUT2D eigenvalue weighted by Gasteiger charge is -2.34. The molecule has 1 saturated heterocycles. The third kappa shape index (κ3) is 4.90. The average Bonchev–Trinajstić information content (AvgIpc) is 3.13. The van der Waals surface area contributed by atoms with Gasteiger partial charge in [0.25, 0.3) is 5.91 Å². The van der Waals surface area contributed by atoms with Crippen LogP contribution in [0.25, 0.3) is 11.3 Å². The summed E-state index contributed by atoms with van der Waals surface area (Å²) in [6, 6.07) is 9.66. The third-order valence-corrected chi connectivity index (χ3v) is 7.35. The third-order valence-electron chi connectivity index (χ3n) is 7.35. The van der Waals surface area contributed by atoms with Crippen molar-refractivity contribution in [3.05, 3.63) is 59.0 Å². The van der Waals surface area contributed by atoms with Crippen LogP contribution in [0.5, 0.6) is 5.75 Å². The Balaban J connectivity index is 1.50. The van der Waals surface area contributed by atoms with Crippen LogP contribution < -0.4 is 20.3 Å². The molecule has 1 amide bonds. The molecule has 9 heteroatoms. The maximum atomic E-state index is 15.1. The molecule has 0 saturated carbocycles. The fourth-order valence-electron chi connectivity index (χ4n) is 5.44. The first-order chi connectivity index (χ1) is 18.2. The number of methoxy groups -OCH3 is 1. The minimum absolute atomic E-state index is 0.148. The molecule has 3 heterocycles. The Morgan fingerprint density at radius 3 is 2.63 bits per heavy atom. The second kappa shape index (κ2) is 10.2. The van der Waals surface area contributed by atoms with Crippen molar-refractivity contribution in [2.24, 2.45) is 0 Å². The standard InChI is InChI=1S/C29H35FN6O2/c1-6-7-18-14-19(15-21-25(18)29(2,3)34-27(21)37)26-22(30)17-31-28(33-26)32-23-16-20(8-9-24(23)38-5)36-12-10-35(4)11-13-36/h8-9,14-17H,6-7,10-13H2,1-5H3,(H,34,37)(H,31,32,33). The van der Waals surface area contributed by atoms with Gasteiger partial charge >= 0.3 is 0 Å². The van der Waals surface area contributed by atoms with E-state index in [2.05, 4.69) is 44.4 Å². The number of aryl methyl sites for hydroxylation is 1. The largest absolute Gasteiger partial charge is 0.495 e. The van der Waals surface area contributed by atoms with Crippen LogP contribution >= 0.6 is 0 Å². The van der Waals surface area contributed by atoms with Gasteiger partial charge in [0.05, 0.1) is 24.5 Å². The lowest BCUT2D eigenvalue weighted by atomic mass is 9.86. The molecule has 2 aliphatic heterocycles. The highest BCUT2D eigenvalue weighted by molar-refractivity contribution is 6.01. The van der Waals surface area contributed by atoms with Gasteiger partial charge in [0, 0.05) is 43.0 Å². The minimum Gasteiger partial charge on any atom is -0.495 e. The number of halogens is 1. The first-order valence-electron chi connectivity index (χ1n) is 13.1. The molecule has 0 aliphatic carbocycles.